The van der Waals surface area contributed by atoms with Gasteiger partial charge in [-0.25, -0.2) is 4.98 Å². The molecule has 0 saturated heterocycles. The van der Waals surface area contributed by atoms with Gasteiger partial charge in [0, 0.05) is 24.8 Å². The predicted octanol–water partition coefficient (Wildman–Crippen LogP) is 2.61. The van der Waals surface area contributed by atoms with E-state index in [2.05, 4.69) is 32.4 Å². The zero-order valence-electron chi connectivity index (χ0n) is 9.93. The lowest BCUT2D eigenvalue weighted by molar-refractivity contribution is 0.934. The Labute approximate surface area is 105 Å². The third-order valence-electron chi connectivity index (χ3n) is 2.80. The lowest BCUT2D eigenvalue weighted by Crippen LogP contribution is -2.05. The lowest BCUT2D eigenvalue weighted by Gasteiger charge is -2.03. The maximum Gasteiger partial charge on any atom is 0.109 e. The maximum atomic E-state index is 4.51. The fraction of sp³-hybridized carbons (Fsp3) is 0.143. The molecule has 0 radical (unpaired) electrons. The van der Waals surface area contributed by atoms with Crippen molar-refractivity contribution in [2.24, 2.45) is 0 Å². The number of H-pyrrole nitrogens is 1. The summed E-state index contributed by atoms with van der Waals surface area (Å²) in [6.45, 7) is 0.858. The van der Waals surface area contributed by atoms with Crippen LogP contribution in [-0.4, -0.2) is 21.5 Å². The van der Waals surface area contributed by atoms with Crippen molar-refractivity contribution in [2.45, 2.75) is 6.42 Å². The van der Waals surface area contributed by atoms with Crippen LogP contribution in [0.4, 0.5) is 5.69 Å². The second-order valence-corrected chi connectivity index (χ2v) is 4.12. The molecule has 0 saturated carbocycles. The highest BCUT2D eigenvalue weighted by molar-refractivity contribution is 5.73. The molecule has 4 nitrogen and oxygen atoms in total. The number of hydrogen-bond donors (Lipinski definition) is 2. The Kier molecular flexibility index (Phi) is 2.92. The molecule has 3 aromatic rings. The molecule has 0 spiro atoms. The maximum absolute atomic E-state index is 4.51. The zero-order chi connectivity index (χ0) is 12.2. The molecule has 0 aliphatic rings. The van der Waals surface area contributed by atoms with Crippen LogP contribution in [0.5, 0.6) is 0 Å². The van der Waals surface area contributed by atoms with Crippen LogP contribution in [0.25, 0.3) is 11.0 Å². The van der Waals surface area contributed by atoms with Gasteiger partial charge in [-0.15, -0.1) is 0 Å². The lowest BCUT2D eigenvalue weighted by atomic mass is 10.3. The normalized spacial score (nSPS) is 10.7. The molecular weight excluding hydrogens is 224 g/mol. The average Bonchev–Trinajstić information content (AvgIpc) is 2.82. The Hall–Kier alpha value is -2.36. The van der Waals surface area contributed by atoms with E-state index in [0.29, 0.717) is 0 Å². The van der Waals surface area contributed by atoms with Crippen molar-refractivity contribution in [3.05, 3.63) is 54.6 Å². The summed E-state index contributed by atoms with van der Waals surface area (Å²) in [6, 6.07) is 12.1. The van der Waals surface area contributed by atoms with Crippen molar-refractivity contribution in [3.8, 4) is 0 Å². The minimum atomic E-state index is 0.858. The zero-order valence-corrected chi connectivity index (χ0v) is 9.93. The smallest absolute Gasteiger partial charge is 0.109 e. The van der Waals surface area contributed by atoms with Gasteiger partial charge < -0.3 is 10.3 Å². The molecule has 3 rings (SSSR count). The molecule has 0 bridgehead atoms. The van der Waals surface area contributed by atoms with E-state index in [0.717, 1.165) is 35.5 Å². The second-order valence-electron chi connectivity index (χ2n) is 4.12. The highest BCUT2D eigenvalue weighted by atomic mass is 14.9. The summed E-state index contributed by atoms with van der Waals surface area (Å²) in [7, 11) is 0. The van der Waals surface area contributed by atoms with E-state index in [1.54, 1.807) is 12.4 Å². The molecule has 0 unspecified atom stereocenters. The first-order valence-electron chi connectivity index (χ1n) is 5.99. The van der Waals surface area contributed by atoms with Gasteiger partial charge in [-0.2, -0.15) is 0 Å². The highest BCUT2D eigenvalue weighted by Gasteiger charge is 2.01. The van der Waals surface area contributed by atoms with Crippen molar-refractivity contribution in [3.63, 3.8) is 0 Å². The van der Waals surface area contributed by atoms with Crippen LogP contribution in [-0.2, 0) is 6.42 Å². The van der Waals surface area contributed by atoms with Crippen molar-refractivity contribution >= 4 is 16.7 Å². The van der Waals surface area contributed by atoms with Gasteiger partial charge in [0.1, 0.15) is 5.82 Å². The Bertz CT molecular complexity index is 597. The molecule has 0 atom stereocenters. The summed E-state index contributed by atoms with van der Waals surface area (Å²) in [5.74, 6) is 0.987. The molecule has 0 aliphatic carbocycles. The van der Waals surface area contributed by atoms with Gasteiger partial charge in [-0.3, -0.25) is 4.98 Å². The minimum Gasteiger partial charge on any atom is -0.385 e. The van der Waals surface area contributed by atoms with Gasteiger partial charge in [0.2, 0.25) is 0 Å². The summed E-state index contributed by atoms with van der Waals surface area (Å²) < 4.78 is 0. The van der Waals surface area contributed by atoms with E-state index in [-0.39, 0.29) is 0 Å². The largest absolute Gasteiger partial charge is 0.385 e. The number of imidazole rings is 1. The summed E-state index contributed by atoms with van der Waals surface area (Å²) in [5, 5.41) is 3.36. The number of fused-ring (bicyclic) bond motifs is 1. The van der Waals surface area contributed by atoms with E-state index >= 15 is 0 Å². The first-order valence-corrected chi connectivity index (χ1v) is 5.99. The number of nitrogens with zero attached hydrogens (tertiary/aromatic N) is 2. The van der Waals surface area contributed by atoms with Gasteiger partial charge in [-0.05, 0) is 18.2 Å². The van der Waals surface area contributed by atoms with Crippen molar-refractivity contribution in [1.82, 2.24) is 15.0 Å². The van der Waals surface area contributed by atoms with Crippen LogP contribution < -0.4 is 5.32 Å². The van der Waals surface area contributed by atoms with E-state index in [1.807, 2.05) is 24.3 Å². The summed E-state index contributed by atoms with van der Waals surface area (Å²) in [5.41, 5.74) is 3.10. The van der Waals surface area contributed by atoms with Crippen LogP contribution in [0.1, 0.15) is 5.82 Å². The molecule has 2 aromatic heterocycles. The molecule has 2 N–H and O–H groups in total. The number of hydrogen-bond acceptors (Lipinski definition) is 3. The molecule has 18 heavy (non-hydrogen) atoms. The Morgan fingerprint density at radius 2 is 2.00 bits per heavy atom. The van der Waals surface area contributed by atoms with Crippen LogP contribution in [0.15, 0.2) is 48.8 Å². The van der Waals surface area contributed by atoms with E-state index < -0.39 is 0 Å². The molecule has 0 aliphatic heterocycles. The van der Waals surface area contributed by atoms with Crippen LogP contribution in [0, 0.1) is 0 Å². The second kappa shape index (κ2) is 4.87. The van der Waals surface area contributed by atoms with E-state index in [1.165, 1.54) is 0 Å². The van der Waals surface area contributed by atoms with Crippen molar-refractivity contribution in [2.75, 3.05) is 11.9 Å². The Balaban J connectivity index is 1.63. The number of nitrogens with one attached hydrogen (secondary N) is 2. The van der Waals surface area contributed by atoms with E-state index in [9.17, 15) is 0 Å². The summed E-state index contributed by atoms with van der Waals surface area (Å²) in [6.07, 6.45) is 4.43. The van der Waals surface area contributed by atoms with Gasteiger partial charge in [0.05, 0.1) is 17.2 Å². The molecular formula is C14H14N4. The molecule has 2 heterocycles. The minimum absolute atomic E-state index is 0.858. The fourth-order valence-corrected chi connectivity index (χ4v) is 1.91. The number of aromatic nitrogens is 3. The molecule has 1 aromatic carbocycles. The number of benzene rings is 1. The van der Waals surface area contributed by atoms with Crippen LogP contribution in [0.2, 0.25) is 0 Å². The molecule has 0 amide bonds. The number of pyridine rings is 1. The first-order chi connectivity index (χ1) is 8.92. The third kappa shape index (κ3) is 2.32. The Morgan fingerprint density at radius 3 is 2.83 bits per heavy atom. The summed E-state index contributed by atoms with van der Waals surface area (Å²) in [4.78, 5) is 11.8. The number of rotatable bonds is 4. The van der Waals surface area contributed by atoms with Gasteiger partial charge in [0.15, 0.2) is 0 Å². The fourth-order valence-electron chi connectivity index (χ4n) is 1.91. The van der Waals surface area contributed by atoms with Gasteiger partial charge >= 0.3 is 0 Å². The van der Waals surface area contributed by atoms with E-state index in [4.69, 9.17) is 0 Å². The topological polar surface area (TPSA) is 53.6 Å². The predicted molar refractivity (Wildman–Crippen MR) is 72.5 cm³/mol. The van der Waals surface area contributed by atoms with Crippen molar-refractivity contribution in [1.29, 1.82) is 0 Å². The van der Waals surface area contributed by atoms with Crippen molar-refractivity contribution < 1.29 is 0 Å². The number of aromatic amines is 1. The van der Waals surface area contributed by atoms with Gasteiger partial charge in [0.25, 0.3) is 0 Å². The SMILES string of the molecule is c1ccc(NCCc2nc3ccncc3[nH]2)cc1. The number of anilines is 1. The highest BCUT2D eigenvalue weighted by Crippen LogP contribution is 2.10. The van der Waals surface area contributed by atoms with Crippen LogP contribution >= 0.6 is 0 Å². The summed E-state index contributed by atoms with van der Waals surface area (Å²) >= 11 is 0. The third-order valence-corrected chi connectivity index (χ3v) is 2.80. The Morgan fingerprint density at radius 1 is 1.11 bits per heavy atom. The number of para-hydroxylation sites is 1. The average molecular weight is 238 g/mol. The monoisotopic (exact) mass is 238 g/mol. The standard InChI is InChI=1S/C14H14N4/c1-2-4-11(5-3-1)16-9-7-14-17-12-6-8-15-10-13(12)18-14/h1-6,8,10,16H,7,9H2,(H,17,18). The molecule has 4 heteroatoms. The quantitative estimate of drug-likeness (QED) is 0.734. The van der Waals surface area contributed by atoms with Crippen LogP contribution in [0.3, 0.4) is 0 Å². The van der Waals surface area contributed by atoms with Gasteiger partial charge in [-0.1, -0.05) is 18.2 Å². The first kappa shape index (κ1) is 10.8. The molecule has 90 valence electrons. The molecule has 0 fully saturated rings.